The van der Waals surface area contributed by atoms with E-state index >= 15 is 0 Å². The van der Waals surface area contributed by atoms with Gasteiger partial charge in [-0.2, -0.15) is 0 Å². The maximum Gasteiger partial charge on any atom is 0.255 e. The van der Waals surface area contributed by atoms with Gasteiger partial charge in [0.15, 0.2) is 0 Å². The summed E-state index contributed by atoms with van der Waals surface area (Å²) in [6.07, 6.45) is 1.79. The number of carbonyl (C=O) groups excluding carboxylic acids is 3. The van der Waals surface area contributed by atoms with Crippen LogP contribution >= 0.6 is 11.6 Å². The molecule has 0 radical (unpaired) electrons. The molecule has 2 aromatic carbocycles. The molecule has 3 amide bonds. The summed E-state index contributed by atoms with van der Waals surface area (Å²) in [6, 6.07) is 11.8. The number of methoxy groups -OCH3 is 1. The van der Waals surface area contributed by atoms with Crippen molar-refractivity contribution in [2.45, 2.75) is 31.5 Å². The standard InChI is InChI=1S/C23H24ClN3O4/c1-26(13-14-11-15(24)7-10-19(14)31-2)20(28)12-25-22(29)21-17-5-3-4-6-18(17)23(30)27(21)16-8-9-16/h3-7,10-11,16,21H,8-9,12-13H2,1-2H3,(H,25,29). The average molecular weight is 442 g/mol. The van der Waals surface area contributed by atoms with E-state index in [1.807, 2.05) is 6.07 Å². The van der Waals surface area contributed by atoms with Gasteiger partial charge in [-0.25, -0.2) is 0 Å². The second kappa shape index (κ2) is 8.59. The van der Waals surface area contributed by atoms with Gasteiger partial charge in [0.2, 0.25) is 11.8 Å². The number of amides is 3. The third-order valence-corrected chi connectivity index (χ3v) is 5.91. The van der Waals surface area contributed by atoms with E-state index in [9.17, 15) is 14.4 Å². The topological polar surface area (TPSA) is 79.0 Å². The Kier molecular flexibility index (Phi) is 5.87. The Morgan fingerprint density at radius 1 is 1.23 bits per heavy atom. The number of fused-ring (bicyclic) bond motifs is 1. The molecule has 2 aliphatic rings. The van der Waals surface area contributed by atoms with E-state index in [-0.39, 0.29) is 36.9 Å². The molecular formula is C23H24ClN3O4. The normalized spacial score (nSPS) is 17.3. The molecule has 1 saturated carbocycles. The fourth-order valence-electron chi connectivity index (χ4n) is 3.94. The number of rotatable bonds is 7. The largest absolute Gasteiger partial charge is 0.496 e. The molecule has 162 valence electrons. The van der Waals surface area contributed by atoms with Crippen LogP contribution in [0.2, 0.25) is 5.02 Å². The lowest BCUT2D eigenvalue weighted by Crippen LogP contribution is -2.44. The van der Waals surface area contributed by atoms with Crippen molar-refractivity contribution in [2.75, 3.05) is 20.7 Å². The minimum absolute atomic E-state index is 0.0873. The van der Waals surface area contributed by atoms with Crippen LogP contribution in [0.5, 0.6) is 5.75 Å². The van der Waals surface area contributed by atoms with Gasteiger partial charge in [-0.1, -0.05) is 29.8 Å². The van der Waals surface area contributed by atoms with Crippen molar-refractivity contribution >= 4 is 29.3 Å². The predicted octanol–water partition coefficient (Wildman–Crippen LogP) is 2.78. The van der Waals surface area contributed by atoms with Crippen LogP contribution in [0.4, 0.5) is 0 Å². The van der Waals surface area contributed by atoms with Crippen LogP contribution < -0.4 is 10.1 Å². The number of halogens is 1. The lowest BCUT2D eigenvalue weighted by Gasteiger charge is -2.25. The maximum atomic E-state index is 13.0. The highest BCUT2D eigenvalue weighted by Crippen LogP contribution is 2.41. The third kappa shape index (κ3) is 4.23. The SMILES string of the molecule is COc1ccc(Cl)cc1CN(C)C(=O)CNC(=O)C1c2ccccc2C(=O)N1C1CC1. The Balaban J connectivity index is 1.42. The summed E-state index contributed by atoms with van der Waals surface area (Å²) in [7, 11) is 3.21. The van der Waals surface area contributed by atoms with Gasteiger partial charge in [-0.3, -0.25) is 14.4 Å². The predicted molar refractivity (Wildman–Crippen MR) is 116 cm³/mol. The molecule has 0 bridgehead atoms. The number of nitrogens with zero attached hydrogens (tertiary/aromatic N) is 2. The van der Waals surface area contributed by atoms with Crippen molar-refractivity contribution in [1.82, 2.24) is 15.1 Å². The number of nitrogens with one attached hydrogen (secondary N) is 1. The minimum atomic E-state index is -0.692. The minimum Gasteiger partial charge on any atom is -0.496 e. The highest BCUT2D eigenvalue weighted by Gasteiger charge is 2.47. The number of ether oxygens (including phenoxy) is 1. The highest BCUT2D eigenvalue weighted by atomic mass is 35.5. The molecule has 1 heterocycles. The number of likely N-dealkylation sites (N-methyl/N-ethyl adjacent to an activating group) is 1. The first-order chi connectivity index (χ1) is 14.9. The molecule has 4 rings (SSSR count). The average Bonchev–Trinajstić information content (AvgIpc) is 3.56. The van der Waals surface area contributed by atoms with Gasteiger partial charge in [0.05, 0.1) is 13.7 Å². The number of hydrogen-bond donors (Lipinski definition) is 1. The Labute approximate surface area is 185 Å². The van der Waals surface area contributed by atoms with Crippen LogP contribution in [0.25, 0.3) is 0 Å². The summed E-state index contributed by atoms with van der Waals surface area (Å²) >= 11 is 6.06. The Morgan fingerprint density at radius 2 is 1.97 bits per heavy atom. The van der Waals surface area contributed by atoms with Crippen LogP contribution in [-0.4, -0.2) is 54.3 Å². The fourth-order valence-corrected chi connectivity index (χ4v) is 4.14. The van der Waals surface area contributed by atoms with E-state index in [1.165, 1.54) is 4.90 Å². The van der Waals surface area contributed by atoms with Gasteiger partial charge in [0.25, 0.3) is 5.91 Å². The first kappa shape index (κ1) is 21.2. The fraction of sp³-hybridized carbons (Fsp3) is 0.348. The van der Waals surface area contributed by atoms with E-state index in [1.54, 1.807) is 55.5 Å². The zero-order chi connectivity index (χ0) is 22.1. The van der Waals surface area contributed by atoms with Gasteiger partial charge in [-0.05, 0) is 42.7 Å². The summed E-state index contributed by atoms with van der Waals surface area (Å²) < 4.78 is 5.33. The molecule has 7 nitrogen and oxygen atoms in total. The van der Waals surface area contributed by atoms with Gasteiger partial charge in [0.1, 0.15) is 11.8 Å². The maximum absolute atomic E-state index is 13.0. The molecule has 1 aliphatic heterocycles. The third-order valence-electron chi connectivity index (χ3n) is 5.68. The van der Waals surface area contributed by atoms with Gasteiger partial charge >= 0.3 is 0 Å². The second-order valence-electron chi connectivity index (χ2n) is 7.86. The number of benzene rings is 2. The lowest BCUT2D eigenvalue weighted by atomic mass is 10.0. The monoisotopic (exact) mass is 441 g/mol. The zero-order valence-corrected chi connectivity index (χ0v) is 18.2. The molecule has 0 saturated heterocycles. The van der Waals surface area contributed by atoms with Crippen LogP contribution in [0, 0.1) is 0 Å². The van der Waals surface area contributed by atoms with Gasteiger partial charge in [0, 0.05) is 35.8 Å². The summed E-state index contributed by atoms with van der Waals surface area (Å²) in [6.45, 7) is 0.126. The molecule has 0 aromatic heterocycles. The van der Waals surface area contributed by atoms with Gasteiger partial charge in [-0.15, -0.1) is 0 Å². The molecule has 1 aliphatic carbocycles. The first-order valence-electron chi connectivity index (χ1n) is 10.2. The van der Waals surface area contributed by atoms with Crippen molar-refractivity contribution in [3.8, 4) is 5.75 Å². The van der Waals surface area contributed by atoms with Crippen LogP contribution in [0.1, 0.15) is 40.4 Å². The molecule has 0 spiro atoms. The molecule has 2 aromatic rings. The van der Waals surface area contributed by atoms with Crippen molar-refractivity contribution < 1.29 is 19.1 Å². The zero-order valence-electron chi connectivity index (χ0n) is 17.4. The van der Waals surface area contributed by atoms with Gasteiger partial charge < -0.3 is 19.9 Å². The second-order valence-corrected chi connectivity index (χ2v) is 8.29. The molecule has 1 N–H and O–H groups in total. The van der Waals surface area contributed by atoms with Crippen LogP contribution in [-0.2, 0) is 16.1 Å². The van der Waals surface area contributed by atoms with E-state index in [4.69, 9.17) is 16.3 Å². The molecule has 1 fully saturated rings. The van der Waals surface area contributed by atoms with E-state index in [0.29, 0.717) is 21.9 Å². The number of hydrogen-bond acceptors (Lipinski definition) is 4. The summed E-state index contributed by atoms with van der Waals surface area (Å²) in [5.74, 6) is -0.0813. The molecule has 1 atom stereocenters. The van der Waals surface area contributed by atoms with Crippen LogP contribution in [0.3, 0.4) is 0 Å². The highest BCUT2D eigenvalue weighted by molar-refractivity contribution is 6.30. The molecule has 1 unspecified atom stereocenters. The Bertz CT molecular complexity index is 1040. The van der Waals surface area contributed by atoms with E-state index in [2.05, 4.69) is 5.32 Å². The lowest BCUT2D eigenvalue weighted by molar-refractivity contribution is -0.133. The summed E-state index contributed by atoms with van der Waals surface area (Å²) in [4.78, 5) is 41.6. The molecular weight excluding hydrogens is 418 g/mol. The first-order valence-corrected chi connectivity index (χ1v) is 10.5. The quantitative estimate of drug-likeness (QED) is 0.716. The van der Waals surface area contributed by atoms with Crippen molar-refractivity contribution in [3.63, 3.8) is 0 Å². The summed E-state index contributed by atoms with van der Waals surface area (Å²) in [5, 5.41) is 3.27. The molecule has 31 heavy (non-hydrogen) atoms. The van der Waals surface area contributed by atoms with Crippen molar-refractivity contribution in [1.29, 1.82) is 0 Å². The Morgan fingerprint density at radius 3 is 2.68 bits per heavy atom. The molecule has 8 heteroatoms. The van der Waals surface area contributed by atoms with Crippen LogP contribution in [0.15, 0.2) is 42.5 Å². The van der Waals surface area contributed by atoms with Crippen molar-refractivity contribution in [2.24, 2.45) is 0 Å². The van der Waals surface area contributed by atoms with E-state index < -0.39 is 6.04 Å². The Hall–Kier alpha value is -3.06. The van der Waals surface area contributed by atoms with E-state index in [0.717, 1.165) is 18.4 Å². The summed E-state index contributed by atoms with van der Waals surface area (Å²) in [5.41, 5.74) is 2.03. The number of carbonyl (C=O) groups is 3. The van der Waals surface area contributed by atoms with Crippen molar-refractivity contribution in [3.05, 3.63) is 64.2 Å². The smallest absolute Gasteiger partial charge is 0.255 e.